The fraction of sp³-hybridized carbons (Fsp3) is 0.0833. The number of nitrogen functional groups attached to an aromatic ring is 1. The Morgan fingerprint density at radius 3 is 3.00 bits per heavy atom. The van der Waals surface area contributed by atoms with E-state index in [0.29, 0.717) is 0 Å². The number of pyridine rings is 1. The first-order valence-corrected chi connectivity index (χ1v) is 7.12. The number of thioether (sulfide) groups is 1. The molecule has 2 N–H and O–H groups in total. The van der Waals surface area contributed by atoms with Crippen molar-refractivity contribution in [1.82, 2.24) is 14.3 Å². The zero-order chi connectivity index (χ0) is 12.4. The number of benzene rings is 1. The van der Waals surface area contributed by atoms with E-state index in [0.717, 1.165) is 26.7 Å². The van der Waals surface area contributed by atoms with E-state index in [1.54, 1.807) is 24.3 Å². The summed E-state index contributed by atoms with van der Waals surface area (Å²) >= 11 is 3.07. The SMILES string of the molecule is Nc1ccc(CSc2ncns2)c2ncccc12. The van der Waals surface area contributed by atoms with Crippen molar-refractivity contribution >= 4 is 39.9 Å². The Hall–Kier alpha value is -1.66. The van der Waals surface area contributed by atoms with Gasteiger partial charge in [-0.25, -0.2) is 4.98 Å². The minimum Gasteiger partial charge on any atom is -0.398 e. The third-order valence-corrected chi connectivity index (χ3v) is 4.43. The van der Waals surface area contributed by atoms with Crippen LogP contribution < -0.4 is 5.73 Å². The normalized spacial score (nSPS) is 10.9. The molecule has 0 bridgehead atoms. The lowest BCUT2D eigenvalue weighted by molar-refractivity contribution is 1.21. The van der Waals surface area contributed by atoms with E-state index < -0.39 is 0 Å². The van der Waals surface area contributed by atoms with Gasteiger partial charge in [-0.3, -0.25) is 4.98 Å². The highest BCUT2D eigenvalue weighted by Gasteiger charge is 2.06. The van der Waals surface area contributed by atoms with Crippen molar-refractivity contribution in [3.05, 3.63) is 42.4 Å². The predicted octanol–water partition coefficient (Wildman–Crippen LogP) is 2.96. The highest BCUT2D eigenvalue weighted by atomic mass is 32.2. The quantitative estimate of drug-likeness (QED) is 0.587. The van der Waals surface area contributed by atoms with Crippen molar-refractivity contribution < 1.29 is 0 Å². The van der Waals surface area contributed by atoms with Gasteiger partial charge in [0.25, 0.3) is 0 Å². The molecule has 0 aliphatic heterocycles. The molecule has 0 saturated heterocycles. The van der Waals surface area contributed by atoms with Gasteiger partial charge in [0, 0.05) is 23.0 Å². The van der Waals surface area contributed by atoms with Gasteiger partial charge in [-0.05, 0) is 35.3 Å². The first-order valence-electron chi connectivity index (χ1n) is 5.36. The molecule has 0 fully saturated rings. The number of anilines is 1. The summed E-state index contributed by atoms with van der Waals surface area (Å²) in [6.07, 6.45) is 3.37. The Morgan fingerprint density at radius 1 is 1.22 bits per heavy atom. The monoisotopic (exact) mass is 274 g/mol. The van der Waals surface area contributed by atoms with Crippen molar-refractivity contribution in [3.8, 4) is 0 Å². The van der Waals surface area contributed by atoms with Crippen LogP contribution in [-0.2, 0) is 5.75 Å². The van der Waals surface area contributed by atoms with E-state index in [1.165, 1.54) is 17.1 Å². The molecule has 90 valence electrons. The van der Waals surface area contributed by atoms with Gasteiger partial charge in [-0.1, -0.05) is 17.8 Å². The third-order valence-electron chi connectivity index (χ3n) is 2.58. The molecular formula is C12H10N4S2. The molecule has 0 saturated carbocycles. The molecule has 3 aromatic rings. The fourth-order valence-corrected chi connectivity index (χ4v) is 3.16. The zero-order valence-electron chi connectivity index (χ0n) is 9.41. The maximum absolute atomic E-state index is 5.95. The van der Waals surface area contributed by atoms with Crippen LogP contribution in [0.15, 0.2) is 41.1 Å². The summed E-state index contributed by atoms with van der Waals surface area (Å²) in [6.45, 7) is 0. The van der Waals surface area contributed by atoms with Crippen molar-refractivity contribution in [2.75, 3.05) is 5.73 Å². The van der Waals surface area contributed by atoms with E-state index in [9.17, 15) is 0 Å². The smallest absolute Gasteiger partial charge is 0.170 e. The Balaban J connectivity index is 1.94. The van der Waals surface area contributed by atoms with Crippen molar-refractivity contribution in [3.63, 3.8) is 0 Å². The van der Waals surface area contributed by atoms with Crippen LogP contribution in [0.3, 0.4) is 0 Å². The number of nitrogens with zero attached hydrogens (tertiary/aromatic N) is 3. The molecule has 3 rings (SSSR count). The number of nitrogens with two attached hydrogens (primary N) is 1. The highest BCUT2D eigenvalue weighted by Crippen LogP contribution is 2.28. The van der Waals surface area contributed by atoms with Gasteiger partial charge in [0.1, 0.15) is 6.33 Å². The van der Waals surface area contributed by atoms with E-state index in [2.05, 4.69) is 14.3 Å². The van der Waals surface area contributed by atoms with Crippen molar-refractivity contribution in [1.29, 1.82) is 0 Å². The number of rotatable bonds is 3. The van der Waals surface area contributed by atoms with Crippen LogP contribution in [0.5, 0.6) is 0 Å². The fourth-order valence-electron chi connectivity index (χ4n) is 1.74. The molecule has 2 heterocycles. The van der Waals surface area contributed by atoms with E-state index in [-0.39, 0.29) is 0 Å². The number of hydrogen-bond acceptors (Lipinski definition) is 6. The van der Waals surface area contributed by atoms with E-state index in [4.69, 9.17) is 5.73 Å². The predicted molar refractivity (Wildman–Crippen MR) is 75.6 cm³/mol. The van der Waals surface area contributed by atoms with Gasteiger partial charge < -0.3 is 5.73 Å². The van der Waals surface area contributed by atoms with Gasteiger partial charge in [-0.2, -0.15) is 4.37 Å². The molecule has 0 atom stereocenters. The Morgan fingerprint density at radius 2 is 2.17 bits per heavy atom. The topological polar surface area (TPSA) is 64.7 Å². The second kappa shape index (κ2) is 4.91. The Bertz CT molecular complexity index is 667. The van der Waals surface area contributed by atoms with Gasteiger partial charge in [0.15, 0.2) is 4.34 Å². The lowest BCUT2D eigenvalue weighted by atomic mass is 10.1. The van der Waals surface area contributed by atoms with Crippen LogP contribution in [0.4, 0.5) is 5.69 Å². The molecule has 1 aromatic carbocycles. The van der Waals surface area contributed by atoms with Gasteiger partial charge >= 0.3 is 0 Å². The summed E-state index contributed by atoms with van der Waals surface area (Å²) < 4.78 is 4.95. The maximum Gasteiger partial charge on any atom is 0.170 e. The molecule has 0 aliphatic rings. The van der Waals surface area contributed by atoms with Crippen LogP contribution in [0.1, 0.15) is 5.56 Å². The maximum atomic E-state index is 5.95. The lowest BCUT2D eigenvalue weighted by Gasteiger charge is -2.06. The minimum absolute atomic E-state index is 0.766. The minimum atomic E-state index is 0.766. The average Bonchev–Trinajstić information content (AvgIpc) is 2.92. The van der Waals surface area contributed by atoms with Gasteiger partial charge in [-0.15, -0.1) is 0 Å². The van der Waals surface area contributed by atoms with Crippen molar-refractivity contribution in [2.45, 2.75) is 10.1 Å². The van der Waals surface area contributed by atoms with E-state index in [1.807, 2.05) is 24.3 Å². The molecule has 0 radical (unpaired) electrons. The molecule has 0 aliphatic carbocycles. The molecule has 0 unspecified atom stereocenters. The number of fused-ring (bicyclic) bond motifs is 1. The van der Waals surface area contributed by atoms with Crippen LogP contribution in [0.2, 0.25) is 0 Å². The molecular weight excluding hydrogens is 264 g/mol. The third kappa shape index (κ3) is 2.16. The summed E-state index contributed by atoms with van der Waals surface area (Å²) in [5, 5.41) is 1.01. The number of hydrogen-bond donors (Lipinski definition) is 1. The lowest BCUT2D eigenvalue weighted by Crippen LogP contribution is -1.92. The van der Waals surface area contributed by atoms with Gasteiger partial charge in [0.05, 0.1) is 5.52 Å². The standard InChI is InChI=1S/C12H10N4S2/c13-10-4-3-8(6-17-12-15-7-16-18-12)11-9(10)2-1-5-14-11/h1-5,7H,6,13H2. The molecule has 6 heteroatoms. The second-order valence-electron chi connectivity index (χ2n) is 3.71. The van der Waals surface area contributed by atoms with Crippen LogP contribution >= 0.6 is 23.3 Å². The van der Waals surface area contributed by atoms with Crippen molar-refractivity contribution in [2.24, 2.45) is 0 Å². The molecule has 0 amide bonds. The average molecular weight is 274 g/mol. The molecule has 0 spiro atoms. The second-order valence-corrected chi connectivity index (χ2v) is 5.71. The molecule has 4 nitrogen and oxygen atoms in total. The first kappa shape index (κ1) is 11.4. The summed E-state index contributed by atoms with van der Waals surface area (Å²) in [5.41, 5.74) is 8.85. The summed E-state index contributed by atoms with van der Waals surface area (Å²) in [4.78, 5) is 8.57. The molecule has 18 heavy (non-hydrogen) atoms. The van der Waals surface area contributed by atoms with Crippen LogP contribution in [0, 0.1) is 0 Å². The summed E-state index contributed by atoms with van der Waals surface area (Å²) in [7, 11) is 0. The van der Waals surface area contributed by atoms with Crippen LogP contribution in [-0.4, -0.2) is 14.3 Å². The zero-order valence-corrected chi connectivity index (χ0v) is 11.0. The van der Waals surface area contributed by atoms with Gasteiger partial charge in [0.2, 0.25) is 0 Å². The highest BCUT2D eigenvalue weighted by molar-refractivity contribution is 8.00. The summed E-state index contributed by atoms with van der Waals surface area (Å²) in [5.74, 6) is 0.822. The summed E-state index contributed by atoms with van der Waals surface area (Å²) in [6, 6.07) is 7.86. The Labute approximate surface area is 112 Å². The molecule has 2 aromatic heterocycles. The number of aromatic nitrogens is 3. The van der Waals surface area contributed by atoms with Crippen LogP contribution in [0.25, 0.3) is 10.9 Å². The van der Waals surface area contributed by atoms with E-state index >= 15 is 0 Å². The Kier molecular flexibility index (Phi) is 3.12. The largest absolute Gasteiger partial charge is 0.398 e. The first-order chi connectivity index (χ1) is 8.84.